The molecule has 3 rings (SSSR count). The lowest BCUT2D eigenvalue weighted by Crippen LogP contribution is -2.54. The highest BCUT2D eigenvalue weighted by Crippen LogP contribution is 2.34. The molecule has 1 aliphatic rings. The van der Waals surface area contributed by atoms with E-state index in [4.69, 9.17) is 26.4 Å². The Labute approximate surface area is 186 Å². The van der Waals surface area contributed by atoms with Gasteiger partial charge in [-0.1, -0.05) is 19.1 Å². The van der Waals surface area contributed by atoms with Gasteiger partial charge in [0.25, 0.3) is 11.8 Å². The van der Waals surface area contributed by atoms with Gasteiger partial charge >= 0.3 is 0 Å². The van der Waals surface area contributed by atoms with Gasteiger partial charge in [-0.15, -0.1) is 0 Å². The van der Waals surface area contributed by atoms with Crippen LogP contribution in [0.4, 0.5) is 5.69 Å². The number of rotatable bonds is 7. The molecule has 2 aromatic rings. The van der Waals surface area contributed by atoms with Crippen LogP contribution in [-0.4, -0.2) is 37.3 Å². The maximum Gasteiger partial charge on any atom is 0.270 e. The van der Waals surface area contributed by atoms with Gasteiger partial charge in [-0.3, -0.25) is 14.9 Å². The summed E-state index contributed by atoms with van der Waals surface area (Å²) < 4.78 is 16.4. The highest BCUT2D eigenvalue weighted by molar-refractivity contribution is 7.80. The molecule has 0 saturated carbocycles. The Hall–Kier alpha value is -3.39. The first kappa shape index (κ1) is 22.3. The van der Waals surface area contributed by atoms with Crippen LogP contribution in [0.5, 0.6) is 17.2 Å². The normalized spacial score (nSPS) is 16.2. The van der Waals surface area contributed by atoms with Crippen molar-refractivity contribution in [2.75, 3.05) is 19.1 Å². The van der Waals surface area contributed by atoms with Gasteiger partial charge in [0.2, 0.25) is 0 Å². The molecule has 7 nitrogen and oxygen atoms in total. The predicted octanol–water partition coefficient (Wildman–Crippen LogP) is 3.71. The Morgan fingerprint density at radius 2 is 1.74 bits per heavy atom. The Balaban J connectivity index is 1.93. The molecule has 8 heteroatoms. The largest absolute Gasteiger partial charge is 0.497 e. The summed E-state index contributed by atoms with van der Waals surface area (Å²) in [4.78, 5) is 27.0. The topological polar surface area (TPSA) is 77.1 Å². The number of anilines is 1. The molecule has 0 unspecified atom stereocenters. The molecule has 0 aromatic heterocycles. The van der Waals surface area contributed by atoms with Crippen molar-refractivity contribution in [2.45, 2.75) is 26.4 Å². The molecule has 1 atom stereocenters. The van der Waals surface area contributed by atoms with Crippen LogP contribution in [0.25, 0.3) is 6.08 Å². The average molecular weight is 441 g/mol. The fourth-order valence-electron chi connectivity index (χ4n) is 2.97. The molecule has 0 aliphatic carbocycles. The molecule has 0 radical (unpaired) electrons. The zero-order valence-corrected chi connectivity index (χ0v) is 18.6. The number of hydrogen-bond donors (Lipinski definition) is 1. The summed E-state index contributed by atoms with van der Waals surface area (Å²) in [5.74, 6) is 0.574. The van der Waals surface area contributed by atoms with Crippen LogP contribution in [0, 0.1) is 0 Å². The standard InChI is InChI=1S/C23H24N2O5S/c1-5-14(2)30-16-8-6-15(7-9-16)12-18-21(26)24-23(31)25(22(18)27)19-11-10-17(28-3)13-20(19)29-4/h6-14H,5H2,1-4H3,(H,24,26,31)/b18-12+/t14-/m1/s1. The maximum atomic E-state index is 13.2. The quantitative estimate of drug-likeness (QED) is 0.402. The van der Waals surface area contributed by atoms with E-state index in [1.54, 1.807) is 42.5 Å². The van der Waals surface area contributed by atoms with Crippen LogP contribution in [0.3, 0.4) is 0 Å². The highest BCUT2D eigenvalue weighted by Gasteiger charge is 2.36. The summed E-state index contributed by atoms with van der Waals surface area (Å²) >= 11 is 5.26. The monoisotopic (exact) mass is 440 g/mol. The highest BCUT2D eigenvalue weighted by atomic mass is 32.1. The third-order valence-electron chi connectivity index (χ3n) is 4.83. The van der Waals surface area contributed by atoms with Crippen LogP contribution in [0.2, 0.25) is 0 Å². The summed E-state index contributed by atoms with van der Waals surface area (Å²) in [5, 5.41) is 2.55. The molecular weight excluding hydrogens is 416 g/mol. The summed E-state index contributed by atoms with van der Waals surface area (Å²) in [5.41, 5.74) is 1.05. The summed E-state index contributed by atoms with van der Waals surface area (Å²) in [6.45, 7) is 4.04. The van der Waals surface area contributed by atoms with Crippen molar-refractivity contribution >= 4 is 40.9 Å². The first-order valence-electron chi connectivity index (χ1n) is 9.78. The van der Waals surface area contributed by atoms with E-state index in [9.17, 15) is 9.59 Å². The molecule has 162 valence electrons. The van der Waals surface area contributed by atoms with Crippen LogP contribution in [-0.2, 0) is 9.59 Å². The summed E-state index contributed by atoms with van der Waals surface area (Å²) in [6, 6.07) is 12.2. The minimum Gasteiger partial charge on any atom is -0.497 e. The molecule has 2 amide bonds. The van der Waals surface area contributed by atoms with E-state index in [1.165, 1.54) is 25.2 Å². The van der Waals surface area contributed by atoms with E-state index in [0.29, 0.717) is 22.7 Å². The molecule has 0 bridgehead atoms. The second-order valence-electron chi connectivity index (χ2n) is 6.90. The molecular formula is C23H24N2O5S. The SMILES string of the molecule is CC[C@@H](C)Oc1ccc(/C=C2\C(=O)NC(=S)N(c3ccc(OC)cc3OC)C2=O)cc1. The minimum atomic E-state index is -0.557. The molecule has 0 spiro atoms. The van der Waals surface area contributed by atoms with Crippen LogP contribution in [0.1, 0.15) is 25.8 Å². The third kappa shape index (κ3) is 4.86. The number of nitrogens with one attached hydrogen (secondary N) is 1. The van der Waals surface area contributed by atoms with Crippen molar-refractivity contribution in [3.05, 3.63) is 53.6 Å². The molecule has 1 saturated heterocycles. The number of carbonyl (C=O) groups is 2. The van der Waals surface area contributed by atoms with Crippen molar-refractivity contribution in [1.29, 1.82) is 0 Å². The van der Waals surface area contributed by atoms with Gasteiger partial charge in [0.1, 0.15) is 22.8 Å². The molecule has 1 aliphatic heterocycles. The molecule has 1 fully saturated rings. The van der Waals surface area contributed by atoms with Crippen LogP contribution >= 0.6 is 12.2 Å². The Morgan fingerprint density at radius 3 is 2.35 bits per heavy atom. The van der Waals surface area contributed by atoms with Gasteiger partial charge in [0.05, 0.1) is 26.0 Å². The summed E-state index contributed by atoms with van der Waals surface area (Å²) in [7, 11) is 3.01. The number of methoxy groups -OCH3 is 2. The van der Waals surface area contributed by atoms with Crippen molar-refractivity contribution in [1.82, 2.24) is 5.32 Å². The number of amides is 2. The van der Waals surface area contributed by atoms with E-state index in [1.807, 2.05) is 13.8 Å². The zero-order chi connectivity index (χ0) is 22.5. The smallest absolute Gasteiger partial charge is 0.270 e. The first-order valence-corrected chi connectivity index (χ1v) is 10.2. The van der Waals surface area contributed by atoms with Crippen molar-refractivity contribution in [3.8, 4) is 17.2 Å². The third-order valence-corrected chi connectivity index (χ3v) is 5.12. The van der Waals surface area contributed by atoms with Gasteiger partial charge in [0.15, 0.2) is 5.11 Å². The van der Waals surface area contributed by atoms with Crippen LogP contribution in [0.15, 0.2) is 48.0 Å². The predicted molar refractivity (Wildman–Crippen MR) is 123 cm³/mol. The Morgan fingerprint density at radius 1 is 1.06 bits per heavy atom. The maximum absolute atomic E-state index is 13.2. The lowest BCUT2D eigenvalue weighted by Gasteiger charge is -2.30. The second-order valence-corrected chi connectivity index (χ2v) is 7.29. The van der Waals surface area contributed by atoms with E-state index in [0.717, 1.165) is 12.2 Å². The van der Waals surface area contributed by atoms with Crippen molar-refractivity contribution < 1.29 is 23.8 Å². The lowest BCUT2D eigenvalue weighted by molar-refractivity contribution is -0.122. The van der Waals surface area contributed by atoms with Crippen molar-refractivity contribution in [3.63, 3.8) is 0 Å². The molecule has 2 aromatic carbocycles. The minimum absolute atomic E-state index is 0.0204. The fourth-order valence-corrected chi connectivity index (χ4v) is 3.24. The van der Waals surface area contributed by atoms with Gasteiger partial charge < -0.3 is 14.2 Å². The van der Waals surface area contributed by atoms with E-state index in [-0.39, 0.29) is 16.8 Å². The van der Waals surface area contributed by atoms with Gasteiger partial charge in [-0.05, 0) is 61.5 Å². The second kappa shape index (κ2) is 9.61. The number of nitrogens with zero attached hydrogens (tertiary/aromatic N) is 1. The molecule has 1 heterocycles. The van der Waals surface area contributed by atoms with Crippen molar-refractivity contribution in [2.24, 2.45) is 0 Å². The Bertz CT molecular complexity index is 1030. The first-order chi connectivity index (χ1) is 14.9. The number of ether oxygens (including phenoxy) is 3. The number of benzene rings is 2. The zero-order valence-electron chi connectivity index (χ0n) is 17.8. The van der Waals surface area contributed by atoms with Gasteiger partial charge in [0, 0.05) is 6.07 Å². The molecule has 1 N–H and O–H groups in total. The van der Waals surface area contributed by atoms with E-state index in [2.05, 4.69) is 5.32 Å². The van der Waals surface area contributed by atoms with E-state index < -0.39 is 11.8 Å². The Kier molecular flexibility index (Phi) is 6.91. The molecule has 31 heavy (non-hydrogen) atoms. The van der Waals surface area contributed by atoms with Gasteiger partial charge in [-0.25, -0.2) is 4.90 Å². The number of thiocarbonyl (C=S) groups is 1. The van der Waals surface area contributed by atoms with Gasteiger partial charge in [-0.2, -0.15) is 0 Å². The van der Waals surface area contributed by atoms with E-state index >= 15 is 0 Å². The average Bonchev–Trinajstić information content (AvgIpc) is 2.77. The summed E-state index contributed by atoms with van der Waals surface area (Å²) in [6.07, 6.45) is 2.52. The fraction of sp³-hybridized carbons (Fsp3) is 0.261. The number of hydrogen-bond acceptors (Lipinski definition) is 6. The number of carbonyl (C=O) groups excluding carboxylic acids is 2. The van der Waals surface area contributed by atoms with Crippen LogP contribution < -0.4 is 24.4 Å². The lowest BCUT2D eigenvalue weighted by atomic mass is 10.1.